The van der Waals surface area contributed by atoms with Crippen molar-refractivity contribution in [2.24, 2.45) is 0 Å². The molecule has 0 aliphatic rings. The first-order valence-electron chi connectivity index (χ1n) is 5.00. The Labute approximate surface area is 86.1 Å². The number of hydrogen-bond acceptors (Lipinski definition) is 1. The van der Waals surface area contributed by atoms with Crippen molar-refractivity contribution < 1.29 is 5.11 Å². The van der Waals surface area contributed by atoms with Gasteiger partial charge in [0.25, 0.3) is 0 Å². The molecule has 0 spiro atoms. The molecule has 1 atom stereocenters. The van der Waals surface area contributed by atoms with Gasteiger partial charge in [-0.1, -0.05) is 35.4 Å². The van der Waals surface area contributed by atoms with Crippen LogP contribution >= 0.6 is 0 Å². The van der Waals surface area contributed by atoms with Gasteiger partial charge in [-0.25, -0.2) is 0 Å². The Balaban J connectivity index is 2.78. The van der Waals surface area contributed by atoms with Gasteiger partial charge in [-0.2, -0.15) is 0 Å². The summed E-state index contributed by atoms with van der Waals surface area (Å²) in [5.41, 5.74) is 3.43. The van der Waals surface area contributed by atoms with Crippen LogP contribution in [0.3, 0.4) is 0 Å². The third-order valence-electron chi connectivity index (χ3n) is 2.27. The molecule has 0 amide bonds. The van der Waals surface area contributed by atoms with E-state index >= 15 is 0 Å². The van der Waals surface area contributed by atoms with Crippen molar-refractivity contribution in [1.29, 1.82) is 0 Å². The predicted molar refractivity (Wildman–Crippen MR) is 60.3 cm³/mol. The standard InChI is InChI=1S/C13H18O/c1-4-5-6-13(14)12-8-10(2)7-11(3)9-12/h4,7-9,13-14H,1,5-6H2,2-3H3. The molecule has 0 aliphatic heterocycles. The van der Waals surface area contributed by atoms with Crippen LogP contribution < -0.4 is 0 Å². The minimum absolute atomic E-state index is 0.355. The molecule has 0 radical (unpaired) electrons. The summed E-state index contributed by atoms with van der Waals surface area (Å²) in [6.07, 6.45) is 3.10. The van der Waals surface area contributed by atoms with Gasteiger partial charge in [0.05, 0.1) is 6.10 Å². The second-order valence-corrected chi connectivity index (χ2v) is 3.80. The number of aliphatic hydroxyl groups is 1. The van der Waals surface area contributed by atoms with Gasteiger partial charge < -0.3 is 5.11 Å². The summed E-state index contributed by atoms with van der Waals surface area (Å²) in [6, 6.07) is 6.20. The first-order chi connectivity index (χ1) is 6.63. The molecule has 1 rings (SSSR count). The number of allylic oxidation sites excluding steroid dienone is 1. The summed E-state index contributed by atoms with van der Waals surface area (Å²) in [6.45, 7) is 7.75. The van der Waals surface area contributed by atoms with Crippen molar-refractivity contribution in [3.05, 3.63) is 47.5 Å². The number of benzene rings is 1. The van der Waals surface area contributed by atoms with Crippen molar-refractivity contribution in [2.45, 2.75) is 32.8 Å². The molecule has 0 heterocycles. The van der Waals surface area contributed by atoms with Gasteiger partial charge in [-0.3, -0.25) is 0 Å². The summed E-state index contributed by atoms with van der Waals surface area (Å²) in [5, 5.41) is 9.85. The van der Waals surface area contributed by atoms with Crippen molar-refractivity contribution >= 4 is 0 Å². The summed E-state index contributed by atoms with van der Waals surface area (Å²) >= 11 is 0. The van der Waals surface area contributed by atoms with Crippen LogP contribution in [0.15, 0.2) is 30.9 Å². The largest absolute Gasteiger partial charge is 0.388 e. The molecule has 1 N–H and O–H groups in total. The van der Waals surface area contributed by atoms with Crippen LogP contribution in [0.1, 0.15) is 35.6 Å². The highest BCUT2D eigenvalue weighted by molar-refractivity contribution is 5.29. The Morgan fingerprint density at radius 2 is 1.86 bits per heavy atom. The third-order valence-corrected chi connectivity index (χ3v) is 2.27. The lowest BCUT2D eigenvalue weighted by molar-refractivity contribution is 0.168. The minimum atomic E-state index is -0.355. The first-order valence-corrected chi connectivity index (χ1v) is 5.00. The molecule has 1 aromatic carbocycles. The van der Waals surface area contributed by atoms with Crippen LogP contribution in [-0.2, 0) is 0 Å². The Morgan fingerprint density at radius 1 is 1.29 bits per heavy atom. The molecular formula is C13H18O. The summed E-state index contributed by atoms with van der Waals surface area (Å²) < 4.78 is 0. The normalized spacial score (nSPS) is 12.5. The van der Waals surface area contributed by atoms with Crippen LogP contribution in [0.25, 0.3) is 0 Å². The van der Waals surface area contributed by atoms with Gasteiger partial charge in [0.15, 0.2) is 0 Å². The molecule has 0 aromatic heterocycles. The van der Waals surface area contributed by atoms with Gasteiger partial charge in [-0.15, -0.1) is 6.58 Å². The molecule has 0 saturated heterocycles. The SMILES string of the molecule is C=CCCC(O)c1cc(C)cc(C)c1. The molecule has 14 heavy (non-hydrogen) atoms. The first kappa shape index (κ1) is 11.0. The highest BCUT2D eigenvalue weighted by atomic mass is 16.3. The molecule has 0 saturated carbocycles. The number of rotatable bonds is 4. The zero-order valence-corrected chi connectivity index (χ0v) is 8.96. The number of aliphatic hydroxyl groups excluding tert-OH is 1. The second kappa shape index (κ2) is 4.97. The third kappa shape index (κ3) is 3.00. The maximum absolute atomic E-state index is 9.85. The molecule has 76 valence electrons. The van der Waals surface area contributed by atoms with Crippen LogP contribution in [0.2, 0.25) is 0 Å². The molecule has 1 aromatic rings. The predicted octanol–water partition coefficient (Wildman–Crippen LogP) is 3.30. The molecule has 0 fully saturated rings. The topological polar surface area (TPSA) is 20.2 Å². The van der Waals surface area contributed by atoms with Crippen molar-refractivity contribution in [3.63, 3.8) is 0 Å². The van der Waals surface area contributed by atoms with E-state index in [0.717, 1.165) is 18.4 Å². The van der Waals surface area contributed by atoms with E-state index in [9.17, 15) is 5.11 Å². The van der Waals surface area contributed by atoms with E-state index in [4.69, 9.17) is 0 Å². The summed E-state index contributed by atoms with van der Waals surface area (Å²) in [5.74, 6) is 0. The van der Waals surface area contributed by atoms with Gasteiger partial charge in [0.2, 0.25) is 0 Å². The fourth-order valence-corrected chi connectivity index (χ4v) is 1.64. The monoisotopic (exact) mass is 190 g/mol. The Bertz CT molecular complexity index is 295. The van der Waals surface area contributed by atoms with Crippen LogP contribution in [0.4, 0.5) is 0 Å². The van der Waals surface area contributed by atoms with Crippen LogP contribution in [0, 0.1) is 13.8 Å². The van der Waals surface area contributed by atoms with E-state index in [1.165, 1.54) is 11.1 Å². The molecule has 1 unspecified atom stereocenters. The zero-order valence-electron chi connectivity index (χ0n) is 8.96. The average molecular weight is 190 g/mol. The minimum Gasteiger partial charge on any atom is -0.388 e. The van der Waals surface area contributed by atoms with E-state index in [1.807, 2.05) is 18.2 Å². The van der Waals surface area contributed by atoms with E-state index in [0.29, 0.717) is 0 Å². The Morgan fingerprint density at radius 3 is 2.36 bits per heavy atom. The number of hydrogen-bond donors (Lipinski definition) is 1. The Kier molecular flexibility index (Phi) is 3.90. The molecule has 1 heteroatoms. The van der Waals surface area contributed by atoms with E-state index in [1.54, 1.807) is 0 Å². The van der Waals surface area contributed by atoms with Crippen molar-refractivity contribution in [3.8, 4) is 0 Å². The summed E-state index contributed by atoms with van der Waals surface area (Å²) in [4.78, 5) is 0. The molecule has 0 bridgehead atoms. The van der Waals surface area contributed by atoms with Gasteiger partial charge >= 0.3 is 0 Å². The fourth-order valence-electron chi connectivity index (χ4n) is 1.64. The maximum atomic E-state index is 9.85. The number of aryl methyl sites for hydroxylation is 2. The van der Waals surface area contributed by atoms with Crippen molar-refractivity contribution in [1.82, 2.24) is 0 Å². The second-order valence-electron chi connectivity index (χ2n) is 3.80. The molecule has 0 aliphatic carbocycles. The average Bonchev–Trinajstić information content (AvgIpc) is 2.12. The fraction of sp³-hybridized carbons (Fsp3) is 0.385. The lowest BCUT2D eigenvalue weighted by Crippen LogP contribution is -1.97. The van der Waals surface area contributed by atoms with Gasteiger partial charge in [0.1, 0.15) is 0 Å². The molecule has 1 nitrogen and oxygen atoms in total. The smallest absolute Gasteiger partial charge is 0.0793 e. The van der Waals surface area contributed by atoms with Crippen LogP contribution in [0.5, 0.6) is 0 Å². The van der Waals surface area contributed by atoms with Crippen molar-refractivity contribution in [2.75, 3.05) is 0 Å². The van der Waals surface area contributed by atoms with E-state index < -0.39 is 0 Å². The summed E-state index contributed by atoms with van der Waals surface area (Å²) in [7, 11) is 0. The zero-order chi connectivity index (χ0) is 10.6. The highest BCUT2D eigenvalue weighted by Gasteiger charge is 2.06. The van der Waals surface area contributed by atoms with E-state index in [2.05, 4.69) is 26.5 Å². The maximum Gasteiger partial charge on any atom is 0.0793 e. The molecular weight excluding hydrogens is 172 g/mol. The van der Waals surface area contributed by atoms with Crippen LogP contribution in [-0.4, -0.2) is 5.11 Å². The van der Waals surface area contributed by atoms with Gasteiger partial charge in [0, 0.05) is 0 Å². The lowest BCUT2D eigenvalue weighted by atomic mass is 10.0. The Hall–Kier alpha value is -1.08. The van der Waals surface area contributed by atoms with Gasteiger partial charge in [-0.05, 0) is 32.3 Å². The lowest BCUT2D eigenvalue weighted by Gasteiger charge is -2.11. The quantitative estimate of drug-likeness (QED) is 0.722. The van der Waals surface area contributed by atoms with E-state index in [-0.39, 0.29) is 6.10 Å². The highest BCUT2D eigenvalue weighted by Crippen LogP contribution is 2.20.